The van der Waals surface area contributed by atoms with Crippen LogP contribution in [-0.2, 0) is 4.79 Å². The number of para-hydroxylation sites is 3. The standard InChI is InChI=1S/C22H23N5O3S/c1-14-25-26-22(27(14)18-9-5-6-10-19(18)30-2)31-13-20(28)24-17-8-4-3-7-16(17)21(29)23-15-11-12-15/h3-10,15H,11-13H2,1-2H3,(H,23,29)(H,24,28). The van der Waals surface area contributed by atoms with Gasteiger partial charge in [-0.25, -0.2) is 0 Å². The number of rotatable bonds is 8. The monoisotopic (exact) mass is 437 g/mol. The molecule has 0 unspecified atom stereocenters. The van der Waals surface area contributed by atoms with Crippen LogP contribution in [0, 0.1) is 6.92 Å². The molecule has 2 N–H and O–H groups in total. The Bertz CT molecular complexity index is 1110. The summed E-state index contributed by atoms with van der Waals surface area (Å²) in [5.74, 6) is 1.09. The number of nitrogens with zero attached hydrogens (tertiary/aromatic N) is 3. The van der Waals surface area contributed by atoms with Gasteiger partial charge in [0.05, 0.1) is 29.8 Å². The lowest BCUT2D eigenvalue weighted by atomic mass is 10.1. The van der Waals surface area contributed by atoms with Gasteiger partial charge in [-0.1, -0.05) is 36.0 Å². The third-order valence-electron chi connectivity index (χ3n) is 4.81. The van der Waals surface area contributed by atoms with Crippen LogP contribution in [0.25, 0.3) is 5.69 Å². The zero-order chi connectivity index (χ0) is 21.8. The number of amides is 2. The summed E-state index contributed by atoms with van der Waals surface area (Å²) >= 11 is 1.27. The average Bonchev–Trinajstić information content (AvgIpc) is 3.52. The van der Waals surface area contributed by atoms with Crippen molar-refractivity contribution in [2.75, 3.05) is 18.2 Å². The Morgan fingerprint density at radius 2 is 1.87 bits per heavy atom. The number of carbonyl (C=O) groups is 2. The third-order valence-corrected chi connectivity index (χ3v) is 5.74. The van der Waals surface area contributed by atoms with E-state index in [1.807, 2.05) is 35.8 Å². The molecule has 0 bridgehead atoms. The maximum absolute atomic E-state index is 12.6. The molecule has 0 aliphatic heterocycles. The molecule has 0 radical (unpaired) electrons. The molecule has 0 atom stereocenters. The summed E-state index contributed by atoms with van der Waals surface area (Å²) in [6.07, 6.45) is 2.01. The summed E-state index contributed by atoms with van der Waals surface area (Å²) in [5.41, 5.74) is 1.76. The molecule has 160 valence electrons. The number of aryl methyl sites for hydroxylation is 1. The second-order valence-electron chi connectivity index (χ2n) is 7.17. The number of aromatic nitrogens is 3. The molecule has 2 aromatic carbocycles. The fraction of sp³-hybridized carbons (Fsp3) is 0.273. The van der Waals surface area contributed by atoms with Gasteiger partial charge in [0.15, 0.2) is 5.16 Å². The Kier molecular flexibility index (Phi) is 6.22. The molecule has 1 aliphatic carbocycles. The smallest absolute Gasteiger partial charge is 0.253 e. The lowest BCUT2D eigenvalue weighted by Crippen LogP contribution is -2.27. The molecular formula is C22H23N5O3S. The molecule has 3 aromatic rings. The Balaban J connectivity index is 1.46. The van der Waals surface area contributed by atoms with E-state index in [0.717, 1.165) is 18.5 Å². The number of hydrogen-bond donors (Lipinski definition) is 2. The van der Waals surface area contributed by atoms with Crippen LogP contribution in [0.3, 0.4) is 0 Å². The highest BCUT2D eigenvalue weighted by atomic mass is 32.2. The maximum atomic E-state index is 12.6. The number of anilines is 1. The predicted molar refractivity (Wildman–Crippen MR) is 119 cm³/mol. The van der Waals surface area contributed by atoms with Gasteiger partial charge in [0, 0.05) is 6.04 Å². The molecule has 0 spiro atoms. The van der Waals surface area contributed by atoms with Gasteiger partial charge in [0.1, 0.15) is 11.6 Å². The number of hydrogen-bond acceptors (Lipinski definition) is 6. The van der Waals surface area contributed by atoms with Crippen LogP contribution in [0.2, 0.25) is 0 Å². The van der Waals surface area contributed by atoms with Crippen LogP contribution in [-0.4, -0.2) is 45.5 Å². The van der Waals surface area contributed by atoms with Crippen LogP contribution in [0.15, 0.2) is 53.7 Å². The molecule has 4 rings (SSSR count). The van der Waals surface area contributed by atoms with Gasteiger partial charge in [-0.3, -0.25) is 14.2 Å². The van der Waals surface area contributed by atoms with E-state index >= 15 is 0 Å². The highest BCUT2D eigenvalue weighted by Gasteiger charge is 2.25. The molecule has 31 heavy (non-hydrogen) atoms. The third kappa shape index (κ3) is 4.88. The zero-order valence-corrected chi connectivity index (χ0v) is 18.1. The van der Waals surface area contributed by atoms with E-state index in [2.05, 4.69) is 20.8 Å². The van der Waals surface area contributed by atoms with Crippen molar-refractivity contribution in [3.8, 4) is 11.4 Å². The molecule has 1 aliphatic rings. The van der Waals surface area contributed by atoms with E-state index in [1.165, 1.54) is 11.8 Å². The van der Waals surface area contributed by atoms with E-state index in [1.54, 1.807) is 31.4 Å². The van der Waals surface area contributed by atoms with E-state index in [4.69, 9.17) is 4.74 Å². The predicted octanol–water partition coefficient (Wildman–Crippen LogP) is 3.21. The summed E-state index contributed by atoms with van der Waals surface area (Å²) in [6.45, 7) is 1.85. The quantitative estimate of drug-likeness (QED) is 0.525. The maximum Gasteiger partial charge on any atom is 0.253 e. The molecule has 8 nitrogen and oxygen atoms in total. The molecule has 1 fully saturated rings. The Morgan fingerprint density at radius 3 is 2.65 bits per heavy atom. The molecule has 0 saturated heterocycles. The second kappa shape index (κ2) is 9.22. The first-order valence-corrected chi connectivity index (χ1v) is 10.9. The molecular weight excluding hydrogens is 414 g/mol. The molecule has 1 saturated carbocycles. The van der Waals surface area contributed by atoms with Crippen molar-refractivity contribution < 1.29 is 14.3 Å². The van der Waals surface area contributed by atoms with Crippen molar-refractivity contribution in [2.45, 2.75) is 31.0 Å². The van der Waals surface area contributed by atoms with E-state index < -0.39 is 0 Å². The van der Waals surface area contributed by atoms with Crippen molar-refractivity contribution >= 4 is 29.3 Å². The topological polar surface area (TPSA) is 98.1 Å². The summed E-state index contributed by atoms with van der Waals surface area (Å²) in [5, 5.41) is 14.7. The number of benzene rings is 2. The number of carbonyl (C=O) groups excluding carboxylic acids is 2. The van der Waals surface area contributed by atoms with E-state index in [0.29, 0.717) is 28.0 Å². The number of thioether (sulfide) groups is 1. The van der Waals surface area contributed by atoms with Crippen LogP contribution in [0.4, 0.5) is 5.69 Å². The van der Waals surface area contributed by atoms with Gasteiger partial charge in [0.2, 0.25) is 5.91 Å². The number of ether oxygens (including phenoxy) is 1. The van der Waals surface area contributed by atoms with Crippen LogP contribution < -0.4 is 15.4 Å². The minimum Gasteiger partial charge on any atom is -0.495 e. The number of methoxy groups -OCH3 is 1. The number of nitrogens with one attached hydrogen (secondary N) is 2. The van der Waals surface area contributed by atoms with Crippen molar-refractivity contribution in [3.63, 3.8) is 0 Å². The minimum atomic E-state index is -0.232. The van der Waals surface area contributed by atoms with Crippen LogP contribution >= 0.6 is 11.8 Å². The molecule has 9 heteroatoms. The summed E-state index contributed by atoms with van der Waals surface area (Å²) < 4.78 is 7.30. The van der Waals surface area contributed by atoms with Gasteiger partial charge in [-0.05, 0) is 44.0 Å². The summed E-state index contributed by atoms with van der Waals surface area (Å²) in [7, 11) is 1.61. The first kappa shape index (κ1) is 20.9. The van der Waals surface area contributed by atoms with Crippen LogP contribution in [0.1, 0.15) is 29.0 Å². The normalized spacial score (nSPS) is 13.0. The van der Waals surface area contributed by atoms with Crippen molar-refractivity contribution in [2.24, 2.45) is 0 Å². The SMILES string of the molecule is COc1ccccc1-n1c(C)nnc1SCC(=O)Nc1ccccc1C(=O)NC1CC1. The molecule has 1 heterocycles. The summed E-state index contributed by atoms with van der Waals surface area (Å²) in [4.78, 5) is 25.1. The zero-order valence-electron chi connectivity index (χ0n) is 17.3. The molecule has 1 aromatic heterocycles. The van der Waals surface area contributed by atoms with Gasteiger partial charge >= 0.3 is 0 Å². The lowest BCUT2D eigenvalue weighted by Gasteiger charge is -2.13. The first-order chi connectivity index (χ1) is 15.1. The van der Waals surface area contributed by atoms with Crippen molar-refractivity contribution in [1.82, 2.24) is 20.1 Å². The van der Waals surface area contributed by atoms with Crippen LogP contribution in [0.5, 0.6) is 5.75 Å². The Hall–Kier alpha value is -3.33. The lowest BCUT2D eigenvalue weighted by molar-refractivity contribution is -0.113. The van der Waals surface area contributed by atoms with E-state index in [-0.39, 0.29) is 23.6 Å². The fourth-order valence-corrected chi connectivity index (χ4v) is 3.92. The Labute approximate surface area is 184 Å². The molecule has 2 amide bonds. The average molecular weight is 438 g/mol. The van der Waals surface area contributed by atoms with E-state index in [9.17, 15) is 9.59 Å². The Morgan fingerprint density at radius 1 is 1.13 bits per heavy atom. The highest BCUT2D eigenvalue weighted by molar-refractivity contribution is 7.99. The fourth-order valence-electron chi connectivity index (χ4n) is 3.13. The highest BCUT2D eigenvalue weighted by Crippen LogP contribution is 2.28. The largest absolute Gasteiger partial charge is 0.495 e. The minimum absolute atomic E-state index is 0.117. The van der Waals surface area contributed by atoms with Gasteiger partial charge < -0.3 is 15.4 Å². The van der Waals surface area contributed by atoms with Crippen molar-refractivity contribution in [3.05, 3.63) is 59.9 Å². The summed E-state index contributed by atoms with van der Waals surface area (Å²) in [6, 6.07) is 14.8. The van der Waals surface area contributed by atoms with Gasteiger partial charge in [0.25, 0.3) is 5.91 Å². The van der Waals surface area contributed by atoms with Gasteiger partial charge in [-0.2, -0.15) is 0 Å². The first-order valence-electron chi connectivity index (χ1n) is 9.94. The van der Waals surface area contributed by atoms with Gasteiger partial charge in [-0.15, -0.1) is 10.2 Å². The van der Waals surface area contributed by atoms with Crippen molar-refractivity contribution in [1.29, 1.82) is 0 Å². The second-order valence-corrected chi connectivity index (χ2v) is 8.11.